The van der Waals surface area contributed by atoms with E-state index < -0.39 is 10.0 Å². The zero-order valence-corrected chi connectivity index (χ0v) is 12.2. The Balaban J connectivity index is 1.70. The van der Waals surface area contributed by atoms with Gasteiger partial charge in [-0.25, -0.2) is 13.1 Å². The number of anilines is 1. The van der Waals surface area contributed by atoms with Crippen molar-refractivity contribution in [3.63, 3.8) is 0 Å². The van der Waals surface area contributed by atoms with E-state index in [1.165, 1.54) is 17.7 Å². The van der Waals surface area contributed by atoms with Crippen molar-refractivity contribution in [1.82, 2.24) is 4.72 Å². The van der Waals surface area contributed by atoms with E-state index in [1.807, 2.05) is 30.3 Å². The van der Waals surface area contributed by atoms with Crippen LogP contribution in [-0.4, -0.2) is 14.5 Å². The number of rotatable bonds is 5. The fraction of sp³-hybridized carbons (Fsp3) is 0.200. The quantitative estimate of drug-likeness (QED) is 0.581. The molecule has 3 rings (SSSR count). The molecule has 0 aromatic heterocycles. The van der Waals surface area contributed by atoms with Gasteiger partial charge in [-0.05, 0) is 36.2 Å². The van der Waals surface area contributed by atoms with Crippen molar-refractivity contribution in [2.24, 2.45) is 5.84 Å². The Morgan fingerprint density at radius 3 is 2.29 bits per heavy atom. The minimum absolute atomic E-state index is 0.0234. The largest absolute Gasteiger partial charge is 0.324 e. The molecule has 1 aliphatic rings. The Kier molecular flexibility index (Phi) is 3.67. The van der Waals surface area contributed by atoms with E-state index in [-0.39, 0.29) is 16.9 Å². The summed E-state index contributed by atoms with van der Waals surface area (Å²) in [4.78, 5) is 0.250. The molecule has 0 amide bonds. The molecule has 21 heavy (non-hydrogen) atoms. The maximum absolute atomic E-state index is 12.3. The lowest BCUT2D eigenvalue weighted by atomic mass is 10.1. The molecule has 110 valence electrons. The van der Waals surface area contributed by atoms with Gasteiger partial charge in [-0.3, -0.25) is 5.84 Å². The van der Waals surface area contributed by atoms with Gasteiger partial charge < -0.3 is 5.43 Å². The Morgan fingerprint density at radius 2 is 1.67 bits per heavy atom. The maximum Gasteiger partial charge on any atom is 0.240 e. The van der Waals surface area contributed by atoms with Crippen LogP contribution in [0.25, 0.3) is 0 Å². The molecule has 0 heterocycles. The normalized spacial score (nSPS) is 21.0. The van der Waals surface area contributed by atoms with E-state index in [2.05, 4.69) is 10.1 Å². The molecule has 2 atom stereocenters. The molecule has 0 bridgehead atoms. The van der Waals surface area contributed by atoms with Crippen molar-refractivity contribution in [2.75, 3.05) is 5.43 Å². The number of nitrogens with two attached hydrogens (primary N) is 1. The first-order chi connectivity index (χ1) is 10.1. The van der Waals surface area contributed by atoms with Crippen LogP contribution in [0.4, 0.5) is 5.69 Å². The molecule has 0 radical (unpaired) electrons. The van der Waals surface area contributed by atoms with Gasteiger partial charge in [-0.1, -0.05) is 30.3 Å². The van der Waals surface area contributed by atoms with Crippen LogP contribution in [-0.2, 0) is 10.0 Å². The van der Waals surface area contributed by atoms with Crippen molar-refractivity contribution in [2.45, 2.75) is 23.3 Å². The van der Waals surface area contributed by atoms with Crippen LogP contribution in [0, 0.1) is 0 Å². The topological polar surface area (TPSA) is 84.2 Å². The maximum atomic E-state index is 12.3. The fourth-order valence-corrected chi connectivity index (χ4v) is 3.68. The van der Waals surface area contributed by atoms with Gasteiger partial charge in [0, 0.05) is 17.6 Å². The number of hydrogen-bond acceptors (Lipinski definition) is 4. The highest BCUT2D eigenvalue weighted by Gasteiger charge is 2.41. The molecule has 0 saturated heterocycles. The molecule has 1 aliphatic carbocycles. The number of hydrogen-bond donors (Lipinski definition) is 3. The average Bonchev–Trinajstić information content (AvgIpc) is 3.26. The SMILES string of the molecule is NNc1ccc(S(=O)(=O)NC2CC2c2ccccc2)cc1. The molecule has 5 nitrogen and oxygen atoms in total. The number of benzene rings is 2. The smallest absolute Gasteiger partial charge is 0.240 e. The van der Waals surface area contributed by atoms with E-state index in [0.29, 0.717) is 5.69 Å². The third-order valence-electron chi connectivity index (χ3n) is 3.66. The van der Waals surface area contributed by atoms with Crippen molar-refractivity contribution < 1.29 is 8.42 Å². The lowest BCUT2D eigenvalue weighted by Gasteiger charge is -2.07. The number of hydrazine groups is 1. The molecule has 6 heteroatoms. The van der Waals surface area contributed by atoms with Crippen molar-refractivity contribution in [1.29, 1.82) is 0 Å². The van der Waals surface area contributed by atoms with Gasteiger partial charge >= 0.3 is 0 Å². The van der Waals surface area contributed by atoms with E-state index in [4.69, 9.17) is 5.84 Å². The standard InChI is InChI=1S/C15H17N3O2S/c16-17-12-6-8-13(9-7-12)21(19,20)18-15-10-14(15)11-4-2-1-3-5-11/h1-9,14-15,17-18H,10,16H2. The molecule has 0 spiro atoms. The van der Waals surface area contributed by atoms with E-state index >= 15 is 0 Å². The molecule has 4 N–H and O–H groups in total. The molecule has 1 saturated carbocycles. The molecule has 1 fully saturated rings. The van der Waals surface area contributed by atoms with Gasteiger partial charge in [0.25, 0.3) is 0 Å². The number of sulfonamides is 1. The van der Waals surface area contributed by atoms with E-state index in [9.17, 15) is 8.42 Å². The van der Waals surface area contributed by atoms with Gasteiger partial charge in [0.1, 0.15) is 0 Å². The molecule has 0 aliphatic heterocycles. The monoisotopic (exact) mass is 303 g/mol. The molecule has 2 aromatic rings. The molecule has 2 aromatic carbocycles. The fourth-order valence-electron chi connectivity index (χ4n) is 2.39. The first kappa shape index (κ1) is 14.1. The van der Waals surface area contributed by atoms with E-state index in [0.717, 1.165) is 6.42 Å². The number of nitrogens with one attached hydrogen (secondary N) is 2. The summed E-state index contributed by atoms with van der Waals surface area (Å²) in [7, 11) is -3.48. The number of nitrogen functional groups attached to an aromatic ring is 1. The lowest BCUT2D eigenvalue weighted by molar-refractivity contribution is 0.580. The summed E-state index contributed by atoms with van der Waals surface area (Å²) < 4.78 is 27.3. The molecular formula is C15H17N3O2S. The predicted octanol–water partition coefficient (Wildman–Crippen LogP) is 1.81. The summed E-state index contributed by atoms with van der Waals surface area (Å²) in [5.41, 5.74) is 4.32. The summed E-state index contributed by atoms with van der Waals surface area (Å²) >= 11 is 0. The van der Waals surface area contributed by atoms with Crippen LogP contribution in [0.2, 0.25) is 0 Å². The second-order valence-corrected chi connectivity index (χ2v) is 6.86. The van der Waals surface area contributed by atoms with Gasteiger partial charge in [0.05, 0.1) is 4.90 Å². The van der Waals surface area contributed by atoms with Crippen molar-refractivity contribution in [3.05, 3.63) is 60.2 Å². The Labute approximate surface area is 124 Å². The molecule has 2 unspecified atom stereocenters. The third kappa shape index (κ3) is 3.07. The zero-order valence-electron chi connectivity index (χ0n) is 11.4. The third-order valence-corrected chi connectivity index (χ3v) is 5.16. The first-order valence-corrected chi connectivity index (χ1v) is 8.22. The second-order valence-electron chi connectivity index (χ2n) is 5.15. The summed E-state index contributed by atoms with van der Waals surface area (Å²) in [6, 6.07) is 16.3. The average molecular weight is 303 g/mol. The summed E-state index contributed by atoms with van der Waals surface area (Å²) in [6.45, 7) is 0. The zero-order chi connectivity index (χ0) is 14.9. The van der Waals surface area contributed by atoms with Crippen molar-refractivity contribution >= 4 is 15.7 Å². The molecular weight excluding hydrogens is 286 g/mol. The Hall–Kier alpha value is -1.89. The Morgan fingerprint density at radius 1 is 1.00 bits per heavy atom. The lowest BCUT2D eigenvalue weighted by Crippen LogP contribution is -2.26. The van der Waals surface area contributed by atoms with Crippen molar-refractivity contribution in [3.8, 4) is 0 Å². The van der Waals surface area contributed by atoms with Gasteiger partial charge in [-0.2, -0.15) is 0 Å². The summed E-state index contributed by atoms with van der Waals surface area (Å²) in [5.74, 6) is 5.54. The minimum atomic E-state index is -3.48. The highest BCUT2D eigenvalue weighted by Crippen LogP contribution is 2.41. The highest BCUT2D eigenvalue weighted by molar-refractivity contribution is 7.89. The van der Waals surface area contributed by atoms with Crippen LogP contribution >= 0.6 is 0 Å². The second kappa shape index (κ2) is 5.48. The van der Waals surface area contributed by atoms with Crippen LogP contribution in [0.3, 0.4) is 0 Å². The minimum Gasteiger partial charge on any atom is -0.324 e. The summed E-state index contributed by atoms with van der Waals surface area (Å²) in [6.07, 6.45) is 0.839. The summed E-state index contributed by atoms with van der Waals surface area (Å²) in [5, 5.41) is 0. The van der Waals surface area contributed by atoms with Crippen LogP contribution < -0.4 is 16.0 Å². The van der Waals surface area contributed by atoms with Gasteiger partial charge in [0.2, 0.25) is 10.0 Å². The highest BCUT2D eigenvalue weighted by atomic mass is 32.2. The van der Waals surface area contributed by atoms with Crippen LogP contribution in [0.1, 0.15) is 17.9 Å². The van der Waals surface area contributed by atoms with Crippen LogP contribution in [0.5, 0.6) is 0 Å². The van der Waals surface area contributed by atoms with Crippen LogP contribution in [0.15, 0.2) is 59.5 Å². The van der Waals surface area contributed by atoms with E-state index in [1.54, 1.807) is 12.1 Å². The first-order valence-electron chi connectivity index (χ1n) is 6.74. The van der Waals surface area contributed by atoms with Gasteiger partial charge in [0.15, 0.2) is 0 Å². The van der Waals surface area contributed by atoms with Gasteiger partial charge in [-0.15, -0.1) is 0 Å². The Bertz CT molecular complexity index is 714. The predicted molar refractivity (Wildman–Crippen MR) is 82.2 cm³/mol.